The molecule has 0 aliphatic heterocycles. The Kier molecular flexibility index (Phi) is 6.53. The van der Waals surface area contributed by atoms with Crippen molar-refractivity contribution in [3.05, 3.63) is 48.0 Å². The Labute approximate surface area is 116 Å². The van der Waals surface area contributed by atoms with Crippen molar-refractivity contribution in [2.45, 2.75) is 13.3 Å². The fraction of sp³-hybridized carbons (Fsp3) is 0.214. The quantitative estimate of drug-likeness (QED) is 0.466. The van der Waals surface area contributed by atoms with Crippen molar-refractivity contribution < 1.29 is 19.1 Å². The minimum absolute atomic E-state index is 0.155. The number of hydrazine groups is 1. The number of benzene rings is 1. The molecular weight excluding hydrogens is 260 g/mol. The van der Waals surface area contributed by atoms with E-state index in [2.05, 4.69) is 15.6 Å². The third-order valence-corrected chi connectivity index (χ3v) is 2.19. The van der Waals surface area contributed by atoms with Gasteiger partial charge in [0.25, 0.3) is 5.91 Å². The normalized spacial score (nSPS) is 10.1. The maximum absolute atomic E-state index is 11.5. The van der Waals surface area contributed by atoms with Crippen LogP contribution in [0.2, 0.25) is 0 Å². The molecule has 0 heterocycles. The fourth-order valence-electron chi connectivity index (χ4n) is 1.33. The smallest absolute Gasteiger partial charge is 0.330 e. The van der Waals surface area contributed by atoms with Crippen LogP contribution in [0.15, 0.2) is 42.5 Å². The predicted octanol–water partition coefficient (Wildman–Crippen LogP) is 0.496. The van der Waals surface area contributed by atoms with Crippen molar-refractivity contribution in [1.29, 1.82) is 0 Å². The molecule has 1 aromatic carbocycles. The fourth-order valence-corrected chi connectivity index (χ4v) is 1.33. The highest BCUT2D eigenvalue weighted by atomic mass is 16.5. The molecule has 0 unspecified atom stereocenters. The summed E-state index contributed by atoms with van der Waals surface area (Å²) in [6.07, 6.45) is 2.13. The third kappa shape index (κ3) is 6.34. The Morgan fingerprint density at radius 3 is 2.45 bits per heavy atom. The highest BCUT2D eigenvalue weighted by molar-refractivity contribution is 5.95. The van der Waals surface area contributed by atoms with Gasteiger partial charge in [0, 0.05) is 12.2 Å². The van der Waals surface area contributed by atoms with E-state index in [0.717, 1.165) is 17.7 Å². The van der Waals surface area contributed by atoms with Gasteiger partial charge in [-0.25, -0.2) is 4.79 Å². The zero-order valence-corrected chi connectivity index (χ0v) is 11.1. The molecule has 0 aromatic heterocycles. The number of carbonyl (C=O) groups is 3. The lowest BCUT2D eigenvalue weighted by Crippen LogP contribution is -2.41. The predicted molar refractivity (Wildman–Crippen MR) is 72.2 cm³/mol. The average Bonchev–Trinajstić information content (AvgIpc) is 2.44. The van der Waals surface area contributed by atoms with Gasteiger partial charge in [-0.05, 0) is 12.5 Å². The molecule has 6 heteroatoms. The van der Waals surface area contributed by atoms with Gasteiger partial charge in [0.05, 0.1) is 13.0 Å². The summed E-state index contributed by atoms with van der Waals surface area (Å²) >= 11 is 0. The van der Waals surface area contributed by atoms with Crippen LogP contribution >= 0.6 is 0 Å². The van der Waals surface area contributed by atoms with Gasteiger partial charge >= 0.3 is 5.97 Å². The lowest BCUT2D eigenvalue weighted by Gasteiger charge is -2.05. The third-order valence-electron chi connectivity index (χ3n) is 2.19. The molecule has 0 saturated carbocycles. The minimum Gasteiger partial charge on any atom is -0.463 e. The Morgan fingerprint density at radius 1 is 1.10 bits per heavy atom. The van der Waals surface area contributed by atoms with Crippen molar-refractivity contribution in [3.63, 3.8) is 0 Å². The van der Waals surface area contributed by atoms with Gasteiger partial charge in [0.2, 0.25) is 5.91 Å². The summed E-state index contributed by atoms with van der Waals surface area (Å²) in [4.78, 5) is 33.8. The number of nitrogens with one attached hydrogen (secondary N) is 2. The molecule has 0 radical (unpaired) electrons. The van der Waals surface area contributed by atoms with Crippen molar-refractivity contribution in [2.75, 3.05) is 6.61 Å². The molecule has 2 N–H and O–H groups in total. The van der Waals surface area contributed by atoms with Gasteiger partial charge in [0.1, 0.15) is 0 Å². The maximum Gasteiger partial charge on any atom is 0.330 e. The van der Waals surface area contributed by atoms with Crippen molar-refractivity contribution >= 4 is 17.8 Å². The number of hydrogen-bond donors (Lipinski definition) is 2. The van der Waals surface area contributed by atoms with E-state index in [1.807, 2.05) is 30.3 Å². The summed E-state index contributed by atoms with van der Waals surface area (Å²) < 4.78 is 4.60. The van der Waals surface area contributed by atoms with Gasteiger partial charge in [-0.1, -0.05) is 30.3 Å². The van der Waals surface area contributed by atoms with Crippen molar-refractivity contribution in [2.24, 2.45) is 0 Å². The number of hydrogen-bond acceptors (Lipinski definition) is 4. The number of ether oxygens (including phenoxy) is 1. The van der Waals surface area contributed by atoms with E-state index in [1.54, 1.807) is 6.92 Å². The van der Waals surface area contributed by atoms with Crippen LogP contribution in [0.1, 0.15) is 12.5 Å². The molecular formula is C14H16N2O4. The molecule has 2 amide bonds. The molecule has 0 saturated heterocycles. The Balaban J connectivity index is 2.30. The average molecular weight is 276 g/mol. The molecule has 1 rings (SSSR count). The second kappa shape index (κ2) is 8.47. The molecule has 0 aliphatic carbocycles. The van der Waals surface area contributed by atoms with Gasteiger partial charge < -0.3 is 4.74 Å². The van der Waals surface area contributed by atoms with Gasteiger partial charge in [-0.15, -0.1) is 0 Å². The van der Waals surface area contributed by atoms with E-state index < -0.39 is 11.9 Å². The van der Waals surface area contributed by atoms with E-state index in [1.165, 1.54) is 0 Å². The van der Waals surface area contributed by atoms with Crippen LogP contribution in [-0.4, -0.2) is 24.4 Å². The van der Waals surface area contributed by atoms with Crippen LogP contribution in [0, 0.1) is 0 Å². The molecule has 6 nitrogen and oxygen atoms in total. The molecule has 1 aromatic rings. The summed E-state index contributed by atoms with van der Waals surface area (Å²) in [5.74, 6) is -1.58. The van der Waals surface area contributed by atoms with Crippen LogP contribution in [0.5, 0.6) is 0 Å². The second-order valence-electron chi connectivity index (χ2n) is 3.79. The highest BCUT2D eigenvalue weighted by Gasteiger charge is 2.04. The SMILES string of the molecule is CCOC(=O)C=CC(=O)NNC(=O)Cc1ccccc1. The minimum atomic E-state index is -0.613. The highest BCUT2D eigenvalue weighted by Crippen LogP contribution is 1.98. The summed E-state index contributed by atoms with van der Waals surface area (Å²) in [7, 11) is 0. The first-order chi connectivity index (χ1) is 9.61. The van der Waals surface area contributed by atoms with Gasteiger partial charge in [0.15, 0.2) is 0 Å². The molecule has 106 valence electrons. The zero-order chi connectivity index (χ0) is 14.8. The van der Waals surface area contributed by atoms with Crippen molar-refractivity contribution in [1.82, 2.24) is 10.9 Å². The van der Waals surface area contributed by atoms with Gasteiger partial charge in [-0.3, -0.25) is 20.4 Å². The van der Waals surface area contributed by atoms with Gasteiger partial charge in [-0.2, -0.15) is 0 Å². The Morgan fingerprint density at radius 2 is 1.80 bits per heavy atom. The second-order valence-corrected chi connectivity index (χ2v) is 3.79. The van der Waals surface area contributed by atoms with Crippen LogP contribution in [0.4, 0.5) is 0 Å². The molecule has 20 heavy (non-hydrogen) atoms. The Hall–Kier alpha value is -2.63. The van der Waals surface area contributed by atoms with Crippen molar-refractivity contribution in [3.8, 4) is 0 Å². The summed E-state index contributed by atoms with van der Waals surface area (Å²) in [5, 5.41) is 0. The molecule has 0 bridgehead atoms. The van der Waals surface area contributed by atoms with E-state index in [4.69, 9.17) is 0 Å². The van der Waals surface area contributed by atoms with E-state index in [9.17, 15) is 14.4 Å². The molecule has 0 spiro atoms. The first-order valence-corrected chi connectivity index (χ1v) is 6.09. The largest absolute Gasteiger partial charge is 0.463 e. The van der Waals surface area contributed by atoms with Crippen LogP contribution in [0.3, 0.4) is 0 Å². The lowest BCUT2D eigenvalue weighted by molar-refractivity contribution is -0.137. The van der Waals surface area contributed by atoms with Crippen LogP contribution in [0.25, 0.3) is 0 Å². The molecule has 0 fully saturated rings. The topological polar surface area (TPSA) is 84.5 Å². The summed E-state index contributed by atoms with van der Waals surface area (Å²) in [6, 6.07) is 9.11. The number of carbonyl (C=O) groups excluding carboxylic acids is 3. The van der Waals surface area contributed by atoms with E-state index in [-0.39, 0.29) is 18.9 Å². The maximum atomic E-state index is 11.5. The number of esters is 1. The lowest BCUT2D eigenvalue weighted by atomic mass is 10.1. The monoisotopic (exact) mass is 276 g/mol. The molecule has 0 aliphatic rings. The first kappa shape index (κ1) is 15.4. The zero-order valence-electron chi connectivity index (χ0n) is 11.1. The standard InChI is InChI=1S/C14H16N2O4/c1-2-20-14(19)9-8-12(17)15-16-13(18)10-11-6-4-3-5-7-11/h3-9H,2,10H2,1H3,(H,15,17)(H,16,18). The number of rotatable bonds is 5. The van der Waals surface area contributed by atoms with E-state index >= 15 is 0 Å². The Bertz CT molecular complexity index is 497. The molecule has 0 atom stereocenters. The van der Waals surface area contributed by atoms with E-state index in [0.29, 0.717) is 0 Å². The van der Waals surface area contributed by atoms with Crippen LogP contribution in [-0.2, 0) is 25.5 Å². The first-order valence-electron chi connectivity index (χ1n) is 6.09. The summed E-state index contributed by atoms with van der Waals surface area (Å²) in [5.41, 5.74) is 5.25. The number of amides is 2. The summed E-state index contributed by atoms with van der Waals surface area (Å²) in [6.45, 7) is 1.90. The van der Waals surface area contributed by atoms with Crippen LogP contribution < -0.4 is 10.9 Å².